The van der Waals surface area contributed by atoms with E-state index in [9.17, 15) is 18.4 Å². The Balaban J connectivity index is 1.74. The van der Waals surface area contributed by atoms with Crippen molar-refractivity contribution in [1.82, 2.24) is 4.90 Å². The number of hydrogen-bond donors (Lipinski definition) is 0. The van der Waals surface area contributed by atoms with Crippen LogP contribution in [-0.2, 0) is 16.0 Å². The molecule has 1 saturated heterocycles. The lowest BCUT2D eigenvalue weighted by Crippen LogP contribution is -2.58. The van der Waals surface area contributed by atoms with Gasteiger partial charge in [0, 0.05) is 19.2 Å². The average molecular weight is 344 g/mol. The van der Waals surface area contributed by atoms with E-state index in [0.717, 1.165) is 17.7 Å². The van der Waals surface area contributed by atoms with Crippen LogP contribution in [0.1, 0.15) is 12.5 Å². The minimum atomic E-state index is -0.787. The monoisotopic (exact) mass is 344 g/mol. The Bertz CT molecular complexity index is 795. The molecule has 2 amide bonds. The van der Waals surface area contributed by atoms with Crippen LogP contribution < -0.4 is 4.90 Å². The summed E-state index contributed by atoms with van der Waals surface area (Å²) in [6.07, 6.45) is 0.212. The van der Waals surface area contributed by atoms with Gasteiger partial charge in [-0.2, -0.15) is 0 Å². The summed E-state index contributed by atoms with van der Waals surface area (Å²) >= 11 is 0. The first-order valence-corrected chi connectivity index (χ1v) is 8.07. The van der Waals surface area contributed by atoms with Crippen molar-refractivity contribution in [2.24, 2.45) is 0 Å². The molecular formula is C19H18F2N2O2. The van der Waals surface area contributed by atoms with E-state index in [0.29, 0.717) is 6.54 Å². The van der Waals surface area contributed by atoms with Crippen LogP contribution in [0, 0.1) is 11.6 Å². The van der Waals surface area contributed by atoms with Gasteiger partial charge in [0.05, 0.1) is 12.1 Å². The first kappa shape index (κ1) is 17.1. The van der Waals surface area contributed by atoms with Crippen molar-refractivity contribution in [3.8, 4) is 0 Å². The van der Waals surface area contributed by atoms with Crippen molar-refractivity contribution in [1.29, 1.82) is 0 Å². The van der Waals surface area contributed by atoms with Crippen molar-refractivity contribution in [3.05, 3.63) is 65.7 Å². The second-order valence-corrected chi connectivity index (χ2v) is 6.01. The van der Waals surface area contributed by atoms with Crippen LogP contribution in [-0.4, -0.2) is 35.8 Å². The smallest absolute Gasteiger partial charge is 0.249 e. The quantitative estimate of drug-likeness (QED) is 0.859. The lowest BCUT2D eigenvalue weighted by atomic mass is 10.1. The van der Waals surface area contributed by atoms with Gasteiger partial charge in [-0.15, -0.1) is 0 Å². The zero-order chi connectivity index (χ0) is 18.0. The molecule has 1 aliphatic heterocycles. The predicted molar refractivity (Wildman–Crippen MR) is 90.0 cm³/mol. The SMILES string of the molecule is C[C@H]1C(=O)N(c2ccc(F)cc2F)CCN1C(=O)Cc1ccccc1. The molecule has 1 fully saturated rings. The maximum absolute atomic E-state index is 14.0. The zero-order valence-electron chi connectivity index (χ0n) is 13.8. The molecular weight excluding hydrogens is 326 g/mol. The Kier molecular flexibility index (Phi) is 4.79. The van der Waals surface area contributed by atoms with Gasteiger partial charge in [0.2, 0.25) is 11.8 Å². The summed E-state index contributed by atoms with van der Waals surface area (Å²) in [7, 11) is 0. The van der Waals surface area contributed by atoms with Gasteiger partial charge in [-0.25, -0.2) is 8.78 Å². The highest BCUT2D eigenvalue weighted by Crippen LogP contribution is 2.24. The van der Waals surface area contributed by atoms with Crippen molar-refractivity contribution < 1.29 is 18.4 Å². The third-order valence-electron chi connectivity index (χ3n) is 4.37. The molecule has 1 atom stereocenters. The lowest BCUT2D eigenvalue weighted by molar-refractivity contribution is -0.140. The van der Waals surface area contributed by atoms with Crippen LogP contribution in [0.5, 0.6) is 0 Å². The molecule has 0 aromatic heterocycles. The van der Waals surface area contributed by atoms with E-state index in [4.69, 9.17) is 0 Å². The molecule has 1 heterocycles. The van der Waals surface area contributed by atoms with Crippen molar-refractivity contribution in [2.75, 3.05) is 18.0 Å². The topological polar surface area (TPSA) is 40.6 Å². The summed E-state index contributed by atoms with van der Waals surface area (Å²) in [5, 5.41) is 0. The van der Waals surface area contributed by atoms with Gasteiger partial charge in [0.25, 0.3) is 0 Å². The number of benzene rings is 2. The first-order valence-electron chi connectivity index (χ1n) is 8.07. The Morgan fingerprint density at radius 3 is 2.52 bits per heavy atom. The lowest BCUT2D eigenvalue weighted by Gasteiger charge is -2.39. The number of nitrogens with zero attached hydrogens (tertiary/aromatic N) is 2. The van der Waals surface area contributed by atoms with Crippen LogP contribution >= 0.6 is 0 Å². The fourth-order valence-electron chi connectivity index (χ4n) is 3.02. The number of anilines is 1. The Hall–Kier alpha value is -2.76. The number of carbonyl (C=O) groups is 2. The molecule has 3 rings (SSSR count). The Morgan fingerprint density at radius 2 is 1.84 bits per heavy atom. The van der Waals surface area contributed by atoms with Crippen LogP contribution in [0.4, 0.5) is 14.5 Å². The minimum Gasteiger partial charge on any atom is -0.329 e. The standard InChI is InChI=1S/C19H18F2N2O2/c1-13-19(25)23(17-8-7-15(20)12-16(17)21)10-9-22(13)18(24)11-14-5-3-2-4-6-14/h2-8,12-13H,9-11H2,1H3/t13-/m0/s1. The molecule has 4 nitrogen and oxygen atoms in total. The van der Waals surface area contributed by atoms with E-state index >= 15 is 0 Å². The Labute approximate surface area is 144 Å². The third-order valence-corrected chi connectivity index (χ3v) is 4.37. The molecule has 2 aromatic rings. The van der Waals surface area contributed by atoms with Crippen molar-refractivity contribution >= 4 is 17.5 Å². The molecule has 0 spiro atoms. The van der Waals surface area contributed by atoms with Gasteiger partial charge in [-0.1, -0.05) is 30.3 Å². The summed E-state index contributed by atoms with van der Waals surface area (Å²) < 4.78 is 27.0. The van der Waals surface area contributed by atoms with Gasteiger partial charge >= 0.3 is 0 Å². The first-order chi connectivity index (χ1) is 12.0. The number of piperazine rings is 1. The van der Waals surface area contributed by atoms with Gasteiger partial charge < -0.3 is 9.80 Å². The van der Waals surface area contributed by atoms with Crippen molar-refractivity contribution in [2.45, 2.75) is 19.4 Å². The summed E-state index contributed by atoms with van der Waals surface area (Å²) in [5.74, 6) is -2.01. The van der Waals surface area contributed by atoms with E-state index in [1.54, 1.807) is 6.92 Å². The van der Waals surface area contributed by atoms with Crippen LogP contribution in [0.3, 0.4) is 0 Å². The highest BCUT2D eigenvalue weighted by atomic mass is 19.1. The largest absolute Gasteiger partial charge is 0.329 e. The molecule has 2 aromatic carbocycles. The van der Waals surface area contributed by atoms with Gasteiger partial charge in [0.15, 0.2) is 0 Å². The highest BCUT2D eigenvalue weighted by Gasteiger charge is 2.35. The number of amides is 2. The van der Waals surface area contributed by atoms with Gasteiger partial charge in [-0.3, -0.25) is 9.59 Å². The van der Waals surface area contributed by atoms with E-state index in [-0.39, 0.29) is 30.5 Å². The molecule has 0 aliphatic carbocycles. The number of rotatable bonds is 3. The van der Waals surface area contributed by atoms with E-state index in [1.165, 1.54) is 15.9 Å². The molecule has 0 bridgehead atoms. The predicted octanol–water partition coefficient (Wildman–Crippen LogP) is 2.77. The fourth-order valence-corrected chi connectivity index (χ4v) is 3.02. The highest BCUT2D eigenvalue weighted by molar-refractivity contribution is 6.00. The van der Waals surface area contributed by atoms with Crippen LogP contribution in [0.15, 0.2) is 48.5 Å². The summed E-state index contributed by atoms with van der Waals surface area (Å²) in [6, 6.07) is 11.7. The normalized spacial score (nSPS) is 17.7. The van der Waals surface area contributed by atoms with Gasteiger partial charge in [-0.05, 0) is 24.6 Å². The number of carbonyl (C=O) groups excluding carboxylic acids is 2. The molecule has 130 valence electrons. The Morgan fingerprint density at radius 1 is 1.12 bits per heavy atom. The molecule has 0 saturated carbocycles. The molecule has 1 aliphatic rings. The molecule has 0 radical (unpaired) electrons. The number of hydrogen-bond acceptors (Lipinski definition) is 2. The zero-order valence-corrected chi connectivity index (χ0v) is 13.8. The van der Waals surface area contributed by atoms with Crippen LogP contribution in [0.2, 0.25) is 0 Å². The summed E-state index contributed by atoms with van der Waals surface area (Å²) in [5.41, 5.74) is 0.910. The second-order valence-electron chi connectivity index (χ2n) is 6.01. The van der Waals surface area contributed by atoms with Gasteiger partial charge in [0.1, 0.15) is 17.7 Å². The van der Waals surface area contributed by atoms with Crippen LogP contribution in [0.25, 0.3) is 0 Å². The maximum Gasteiger partial charge on any atom is 0.249 e. The molecule has 0 N–H and O–H groups in total. The average Bonchev–Trinajstić information content (AvgIpc) is 2.59. The second kappa shape index (κ2) is 7.01. The van der Waals surface area contributed by atoms with Crippen molar-refractivity contribution in [3.63, 3.8) is 0 Å². The fraction of sp³-hybridized carbons (Fsp3) is 0.263. The minimum absolute atomic E-state index is 0.0356. The summed E-state index contributed by atoms with van der Waals surface area (Å²) in [6.45, 7) is 2.10. The number of halogens is 2. The molecule has 25 heavy (non-hydrogen) atoms. The van der Waals surface area contributed by atoms with E-state index in [1.807, 2.05) is 30.3 Å². The summed E-state index contributed by atoms with van der Waals surface area (Å²) in [4.78, 5) is 27.9. The molecule has 0 unspecified atom stereocenters. The third kappa shape index (κ3) is 3.52. The maximum atomic E-state index is 14.0. The molecule has 6 heteroatoms. The van der Waals surface area contributed by atoms with E-state index in [2.05, 4.69) is 0 Å². The van der Waals surface area contributed by atoms with E-state index < -0.39 is 17.7 Å².